The summed E-state index contributed by atoms with van der Waals surface area (Å²) in [6, 6.07) is 15.2. The first-order chi connectivity index (χ1) is 14.0. The number of carbonyl (C=O) groups excluding carboxylic acids is 3. The van der Waals surface area contributed by atoms with Gasteiger partial charge in [0.1, 0.15) is 17.5 Å². The first kappa shape index (κ1) is 22.3. The first-order valence-electron chi connectivity index (χ1n) is 9.00. The Balaban J connectivity index is 1.84. The summed E-state index contributed by atoms with van der Waals surface area (Å²) in [4.78, 5) is 36.0. The van der Waals surface area contributed by atoms with Gasteiger partial charge in [-0.05, 0) is 54.8 Å². The van der Waals surface area contributed by atoms with E-state index >= 15 is 0 Å². The highest BCUT2D eigenvalue weighted by Gasteiger charge is 2.21. The molecule has 2 aromatic carbocycles. The zero-order valence-corrected chi connectivity index (χ0v) is 17.2. The van der Waals surface area contributed by atoms with Gasteiger partial charge < -0.3 is 20.1 Å². The van der Waals surface area contributed by atoms with Crippen LogP contribution in [-0.2, 0) is 14.3 Å². The van der Waals surface area contributed by atoms with E-state index in [0.717, 1.165) is 0 Å². The fraction of sp³-hybridized carbons (Fsp3) is 0.286. The summed E-state index contributed by atoms with van der Waals surface area (Å²) in [5, 5.41) is 5.12. The van der Waals surface area contributed by atoms with E-state index in [1.54, 1.807) is 36.0 Å². The van der Waals surface area contributed by atoms with E-state index in [4.69, 9.17) is 9.47 Å². The molecule has 1 atom stereocenters. The molecule has 0 saturated heterocycles. The molecule has 0 radical (unpaired) electrons. The van der Waals surface area contributed by atoms with Crippen LogP contribution in [0.3, 0.4) is 0 Å². The van der Waals surface area contributed by atoms with E-state index in [9.17, 15) is 14.4 Å². The molecule has 0 aliphatic carbocycles. The van der Waals surface area contributed by atoms with Gasteiger partial charge in [-0.3, -0.25) is 9.59 Å². The van der Waals surface area contributed by atoms with Crippen LogP contribution in [-0.4, -0.2) is 49.5 Å². The molecule has 29 heavy (non-hydrogen) atoms. The average molecular weight is 416 g/mol. The second-order valence-electron chi connectivity index (χ2n) is 6.05. The lowest BCUT2D eigenvalue weighted by Gasteiger charge is -2.16. The molecular weight excluding hydrogens is 392 g/mol. The Bertz CT molecular complexity index is 812. The fourth-order valence-corrected chi connectivity index (χ4v) is 2.91. The third-order valence-corrected chi connectivity index (χ3v) is 4.58. The van der Waals surface area contributed by atoms with Gasteiger partial charge in [-0.15, -0.1) is 0 Å². The highest BCUT2D eigenvalue weighted by atomic mass is 32.2. The lowest BCUT2D eigenvalue weighted by Crippen LogP contribution is -2.46. The Hall–Kier alpha value is -3.00. The van der Waals surface area contributed by atoms with Crippen molar-refractivity contribution in [2.75, 3.05) is 25.7 Å². The van der Waals surface area contributed by atoms with E-state index < -0.39 is 23.8 Å². The Morgan fingerprint density at radius 3 is 2.28 bits per heavy atom. The summed E-state index contributed by atoms with van der Waals surface area (Å²) in [5.74, 6) is 0.629. The summed E-state index contributed by atoms with van der Waals surface area (Å²) in [7, 11) is 1.27. The van der Waals surface area contributed by atoms with Gasteiger partial charge in [0.15, 0.2) is 0 Å². The second kappa shape index (κ2) is 11.8. The Labute approximate surface area is 174 Å². The van der Waals surface area contributed by atoms with Crippen molar-refractivity contribution in [3.8, 4) is 11.5 Å². The Morgan fingerprint density at radius 1 is 1.00 bits per heavy atom. The van der Waals surface area contributed by atoms with Crippen molar-refractivity contribution in [2.24, 2.45) is 0 Å². The number of hydrogen-bond acceptors (Lipinski definition) is 6. The predicted molar refractivity (Wildman–Crippen MR) is 112 cm³/mol. The minimum Gasteiger partial charge on any atom is -0.467 e. The molecule has 0 saturated carbocycles. The molecule has 154 valence electrons. The number of benzene rings is 2. The Kier molecular flexibility index (Phi) is 9.04. The predicted octanol–water partition coefficient (Wildman–Crippen LogP) is 2.62. The maximum absolute atomic E-state index is 12.2. The van der Waals surface area contributed by atoms with E-state index in [1.165, 1.54) is 7.11 Å². The number of carbonyl (C=O) groups is 3. The number of nitrogens with one attached hydrogen (secondary N) is 2. The van der Waals surface area contributed by atoms with Gasteiger partial charge in [0, 0.05) is 5.56 Å². The standard InChI is InChI=1S/C21H24N2O5S/c1-27-21(26)18(12-13-29-2)23-19(24)14-22-20(25)15-8-10-17(11-9-15)28-16-6-4-3-5-7-16/h3-11,18H,12-14H2,1-2H3,(H,22,25)(H,23,24)/t18-/m0/s1. The van der Waals surface area contributed by atoms with E-state index in [0.29, 0.717) is 29.2 Å². The van der Waals surface area contributed by atoms with Crippen LogP contribution in [0.2, 0.25) is 0 Å². The van der Waals surface area contributed by atoms with E-state index in [2.05, 4.69) is 10.6 Å². The zero-order chi connectivity index (χ0) is 21.1. The van der Waals surface area contributed by atoms with Crippen molar-refractivity contribution in [3.05, 3.63) is 60.2 Å². The van der Waals surface area contributed by atoms with E-state index in [-0.39, 0.29) is 6.54 Å². The maximum atomic E-state index is 12.2. The van der Waals surface area contributed by atoms with Gasteiger partial charge >= 0.3 is 5.97 Å². The number of rotatable bonds is 10. The van der Waals surface area contributed by atoms with E-state index in [1.807, 2.05) is 36.6 Å². The maximum Gasteiger partial charge on any atom is 0.328 e. The molecule has 2 aromatic rings. The van der Waals surface area contributed by atoms with Gasteiger partial charge in [0.25, 0.3) is 5.91 Å². The van der Waals surface area contributed by atoms with Gasteiger partial charge in [0.2, 0.25) is 5.91 Å². The number of para-hydroxylation sites is 1. The molecule has 0 aliphatic rings. The molecule has 2 rings (SSSR count). The number of thioether (sulfide) groups is 1. The summed E-state index contributed by atoms with van der Waals surface area (Å²) in [6.45, 7) is -0.242. The highest BCUT2D eigenvalue weighted by Crippen LogP contribution is 2.21. The van der Waals surface area contributed by atoms with Gasteiger partial charge in [-0.25, -0.2) is 4.79 Å². The molecule has 0 bridgehead atoms. The summed E-state index contributed by atoms with van der Waals surface area (Å²) < 4.78 is 10.4. The fourth-order valence-electron chi connectivity index (χ4n) is 2.43. The van der Waals surface area contributed by atoms with Gasteiger partial charge in [-0.1, -0.05) is 18.2 Å². The van der Waals surface area contributed by atoms with Gasteiger partial charge in [-0.2, -0.15) is 11.8 Å². The highest BCUT2D eigenvalue weighted by molar-refractivity contribution is 7.98. The molecule has 0 aliphatic heterocycles. The van der Waals surface area contributed by atoms with Crippen LogP contribution in [0.1, 0.15) is 16.8 Å². The molecule has 2 N–H and O–H groups in total. The lowest BCUT2D eigenvalue weighted by molar-refractivity contribution is -0.145. The quantitative estimate of drug-likeness (QED) is 0.579. The smallest absolute Gasteiger partial charge is 0.328 e. The van der Waals surface area contributed by atoms with Crippen LogP contribution in [0, 0.1) is 0 Å². The third-order valence-electron chi connectivity index (χ3n) is 3.94. The summed E-state index contributed by atoms with van der Waals surface area (Å²) in [6.07, 6.45) is 2.36. The molecule has 7 nitrogen and oxygen atoms in total. The van der Waals surface area contributed by atoms with Crippen molar-refractivity contribution in [3.63, 3.8) is 0 Å². The molecule has 0 fully saturated rings. The third kappa shape index (κ3) is 7.50. The summed E-state index contributed by atoms with van der Waals surface area (Å²) >= 11 is 1.56. The molecule has 0 spiro atoms. The first-order valence-corrected chi connectivity index (χ1v) is 10.4. The monoisotopic (exact) mass is 416 g/mol. The van der Waals surface area contributed by atoms with Gasteiger partial charge in [0.05, 0.1) is 13.7 Å². The van der Waals surface area contributed by atoms with Crippen molar-refractivity contribution < 1.29 is 23.9 Å². The average Bonchev–Trinajstić information content (AvgIpc) is 2.75. The number of amides is 2. The second-order valence-corrected chi connectivity index (χ2v) is 7.03. The zero-order valence-electron chi connectivity index (χ0n) is 16.3. The van der Waals surface area contributed by atoms with Crippen molar-refractivity contribution in [2.45, 2.75) is 12.5 Å². The topological polar surface area (TPSA) is 93.7 Å². The number of esters is 1. The number of ether oxygens (including phenoxy) is 2. The SMILES string of the molecule is COC(=O)[C@H](CCSC)NC(=O)CNC(=O)c1ccc(Oc2ccccc2)cc1. The van der Waals surface area contributed by atoms with Crippen LogP contribution in [0.25, 0.3) is 0 Å². The van der Waals surface area contributed by atoms with Crippen LogP contribution in [0.5, 0.6) is 11.5 Å². The normalized spacial score (nSPS) is 11.2. The molecule has 8 heteroatoms. The van der Waals surface area contributed by atoms with Crippen molar-refractivity contribution >= 4 is 29.5 Å². The minimum atomic E-state index is -0.730. The molecule has 0 unspecified atom stereocenters. The molecule has 0 heterocycles. The Morgan fingerprint density at radius 2 is 1.66 bits per heavy atom. The summed E-state index contributed by atoms with van der Waals surface area (Å²) in [5.41, 5.74) is 0.394. The number of hydrogen-bond donors (Lipinski definition) is 2. The van der Waals surface area contributed by atoms with Crippen LogP contribution in [0.15, 0.2) is 54.6 Å². The lowest BCUT2D eigenvalue weighted by atomic mass is 10.2. The van der Waals surface area contributed by atoms with Crippen LogP contribution in [0.4, 0.5) is 0 Å². The van der Waals surface area contributed by atoms with Crippen molar-refractivity contribution in [1.82, 2.24) is 10.6 Å². The minimum absolute atomic E-state index is 0.242. The number of methoxy groups -OCH3 is 1. The van der Waals surface area contributed by atoms with Crippen molar-refractivity contribution in [1.29, 1.82) is 0 Å². The molecular formula is C21H24N2O5S. The molecule has 0 aromatic heterocycles. The molecule has 2 amide bonds. The van der Waals surface area contributed by atoms with Crippen LogP contribution >= 0.6 is 11.8 Å². The largest absolute Gasteiger partial charge is 0.467 e. The van der Waals surface area contributed by atoms with Crippen LogP contribution < -0.4 is 15.4 Å².